The van der Waals surface area contributed by atoms with E-state index in [0.29, 0.717) is 11.6 Å². The van der Waals surface area contributed by atoms with E-state index >= 15 is 0 Å². The van der Waals surface area contributed by atoms with Crippen LogP contribution in [0.5, 0.6) is 0 Å². The van der Waals surface area contributed by atoms with E-state index in [2.05, 4.69) is 30.5 Å². The predicted molar refractivity (Wildman–Crippen MR) is 118 cm³/mol. The van der Waals surface area contributed by atoms with Crippen molar-refractivity contribution in [3.63, 3.8) is 0 Å². The molecule has 3 aromatic heterocycles. The smallest absolute Gasteiger partial charge is 0.224 e. The van der Waals surface area contributed by atoms with Crippen molar-refractivity contribution in [2.24, 2.45) is 0 Å². The highest BCUT2D eigenvalue weighted by Crippen LogP contribution is 2.31. The lowest BCUT2D eigenvalue weighted by molar-refractivity contribution is 0.198. The Labute approximate surface area is 180 Å². The molecule has 1 N–H and O–H groups in total. The van der Waals surface area contributed by atoms with Gasteiger partial charge in [-0.15, -0.1) is 11.3 Å². The van der Waals surface area contributed by atoms with Gasteiger partial charge in [0.1, 0.15) is 11.8 Å². The van der Waals surface area contributed by atoms with Crippen molar-refractivity contribution in [1.29, 1.82) is 5.26 Å². The maximum atomic E-state index is 8.86. The summed E-state index contributed by atoms with van der Waals surface area (Å²) in [4.78, 5) is 22.1. The van der Waals surface area contributed by atoms with Crippen LogP contribution in [0.4, 0.5) is 16.8 Å². The molecule has 1 saturated heterocycles. The highest BCUT2D eigenvalue weighted by Gasteiger charge is 2.23. The molecule has 0 bridgehead atoms. The van der Waals surface area contributed by atoms with Crippen LogP contribution in [0.15, 0.2) is 36.1 Å². The van der Waals surface area contributed by atoms with E-state index in [-0.39, 0.29) is 0 Å². The summed E-state index contributed by atoms with van der Waals surface area (Å²) < 4.78 is 0. The highest BCUT2D eigenvalue weighted by molar-refractivity contribution is 7.13. The van der Waals surface area contributed by atoms with Gasteiger partial charge in [-0.2, -0.15) is 5.26 Å². The molecule has 154 valence electrons. The number of rotatable bonds is 6. The zero-order valence-corrected chi connectivity index (χ0v) is 17.9. The van der Waals surface area contributed by atoms with Crippen LogP contribution in [0.3, 0.4) is 0 Å². The second-order valence-corrected chi connectivity index (χ2v) is 8.46. The third kappa shape index (κ3) is 4.90. The van der Waals surface area contributed by atoms with E-state index in [4.69, 9.17) is 10.2 Å². The molecule has 30 heavy (non-hydrogen) atoms. The Morgan fingerprint density at radius 3 is 2.77 bits per heavy atom. The molecule has 1 aliphatic rings. The number of anilines is 3. The van der Waals surface area contributed by atoms with Crippen molar-refractivity contribution in [3.05, 3.63) is 53.1 Å². The summed E-state index contributed by atoms with van der Waals surface area (Å²) in [5.74, 6) is 1.15. The molecule has 0 amide bonds. The second-order valence-electron chi connectivity index (χ2n) is 7.61. The number of nitriles is 1. The first kappa shape index (κ1) is 20.2. The van der Waals surface area contributed by atoms with E-state index < -0.39 is 0 Å². The number of nitrogens with zero attached hydrogens (tertiary/aromatic N) is 7. The van der Waals surface area contributed by atoms with Gasteiger partial charge in [0.15, 0.2) is 5.13 Å². The predicted octanol–water partition coefficient (Wildman–Crippen LogP) is 3.39. The standard InChI is InChI=1S/C21H24N8S/c1-28(2)20-24-9-15(10-25-20)12-29-7-3-4-16(13-29)19-14-30-21(27-19)26-18-6-5-17(8-22)23-11-18/h5-6,9-11,14,16H,3-4,7,12-13H2,1-2H3,(H,26,27)/t16-/m0/s1. The molecule has 3 aromatic rings. The number of nitrogens with one attached hydrogen (secondary N) is 1. The van der Waals surface area contributed by atoms with Gasteiger partial charge in [0.25, 0.3) is 0 Å². The lowest BCUT2D eigenvalue weighted by Crippen LogP contribution is -2.34. The minimum atomic E-state index is 0.407. The molecule has 1 fully saturated rings. The number of thiazole rings is 1. The van der Waals surface area contributed by atoms with Gasteiger partial charge < -0.3 is 10.2 Å². The number of likely N-dealkylation sites (tertiary alicyclic amines) is 1. The first-order valence-electron chi connectivity index (χ1n) is 9.90. The Morgan fingerprint density at radius 2 is 2.07 bits per heavy atom. The van der Waals surface area contributed by atoms with Crippen molar-refractivity contribution in [1.82, 2.24) is 24.8 Å². The number of pyridine rings is 1. The van der Waals surface area contributed by atoms with Crippen LogP contribution in [0, 0.1) is 11.3 Å². The number of hydrogen-bond acceptors (Lipinski definition) is 9. The topological polar surface area (TPSA) is 93.9 Å². The number of aromatic nitrogens is 4. The van der Waals surface area contributed by atoms with Crippen LogP contribution in [-0.4, -0.2) is 52.0 Å². The maximum absolute atomic E-state index is 8.86. The van der Waals surface area contributed by atoms with Crippen molar-refractivity contribution in [2.45, 2.75) is 25.3 Å². The lowest BCUT2D eigenvalue weighted by atomic mass is 9.95. The number of hydrogen-bond donors (Lipinski definition) is 1. The molecule has 0 aromatic carbocycles. The van der Waals surface area contributed by atoms with E-state index in [1.165, 1.54) is 0 Å². The van der Waals surface area contributed by atoms with Crippen molar-refractivity contribution in [3.8, 4) is 6.07 Å². The fourth-order valence-corrected chi connectivity index (χ4v) is 4.36. The maximum Gasteiger partial charge on any atom is 0.224 e. The van der Waals surface area contributed by atoms with Gasteiger partial charge in [-0.25, -0.2) is 19.9 Å². The van der Waals surface area contributed by atoms with Gasteiger partial charge in [-0.1, -0.05) is 0 Å². The summed E-state index contributed by atoms with van der Waals surface area (Å²) in [5, 5.41) is 15.1. The zero-order valence-electron chi connectivity index (χ0n) is 17.1. The monoisotopic (exact) mass is 420 g/mol. The van der Waals surface area contributed by atoms with Gasteiger partial charge >= 0.3 is 0 Å². The lowest BCUT2D eigenvalue weighted by Gasteiger charge is -2.31. The van der Waals surface area contributed by atoms with Gasteiger partial charge in [-0.05, 0) is 31.5 Å². The minimum Gasteiger partial charge on any atom is -0.347 e. The normalized spacial score (nSPS) is 16.8. The van der Waals surface area contributed by atoms with Crippen molar-refractivity contribution in [2.75, 3.05) is 37.4 Å². The van der Waals surface area contributed by atoms with Crippen molar-refractivity contribution >= 4 is 28.1 Å². The van der Waals surface area contributed by atoms with E-state index in [1.807, 2.05) is 43.5 Å². The Balaban J connectivity index is 1.36. The van der Waals surface area contributed by atoms with Crippen LogP contribution in [0.25, 0.3) is 0 Å². The molecule has 0 unspecified atom stereocenters. The fourth-order valence-electron chi connectivity index (χ4n) is 3.55. The molecule has 9 heteroatoms. The van der Waals surface area contributed by atoms with Crippen molar-refractivity contribution < 1.29 is 0 Å². The van der Waals surface area contributed by atoms with E-state index in [1.54, 1.807) is 23.6 Å². The fraction of sp³-hybridized carbons (Fsp3) is 0.381. The van der Waals surface area contributed by atoms with E-state index in [9.17, 15) is 0 Å². The molecule has 4 rings (SSSR count). The minimum absolute atomic E-state index is 0.407. The largest absolute Gasteiger partial charge is 0.347 e. The first-order valence-corrected chi connectivity index (χ1v) is 10.8. The van der Waals surface area contributed by atoms with Gasteiger partial charge in [0, 0.05) is 56.4 Å². The van der Waals surface area contributed by atoms with Crippen LogP contribution < -0.4 is 10.2 Å². The average molecular weight is 421 g/mol. The van der Waals surface area contributed by atoms with Crippen LogP contribution in [-0.2, 0) is 6.54 Å². The molecule has 1 aliphatic heterocycles. The first-order chi connectivity index (χ1) is 14.6. The Morgan fingerprint density at radius 1 is 1.23 bits per heavy atom. The van der Waals surface area contributed by atoms with Crippen LogP contribution in [0.1, 0.15) is 35.7 Å². The summed E-state index contributed by atoms with van der Waals surface area (Å²) in [6.45, 7) is 2.92. The Kier molecular flexibility index (Phi) is 6.16. The Hall–Kier alpha value is -3.09. The summed E-state index contributed by atoms with van der Waals surface area (Å²) in [6.07, 6.45) is 7.80. The van der Waals surface area contributed by atoms with Crippen LogP contribution in [0.2, 0.25) is 0 Å². The highest BCUT2D eigenvalue weighted by atomic mass is 32.1. The molecular weight excluding hydrogens is 396 g/mol. The third-order valence-electron chi connectivity index (χ3n) is 5.07. The van der Waals surface area contributed by atoms with Crippen LogP contribution >= 0.6 is 11.3 Å². The van der Waals surface area contributed by atoms with Gasteiger partial charge in [-0.3, -0.25) is 4.90 Å². The van der Waals surface area contributed by atoms with Gasteiger partial charge in [0.05, 0.1) is 17.6 Å². The summed E-state index contributed by atoms with van der Waals surface area (Å²) >= 11 is 1.60. The molecule has 0 aliphatic carbocycles. The third-order valence-corrected chi connectivity index (χ3v) is 5.85. The molecule has 8 nitrogen and oxygen atoms in total. The summed E-state index contributed by atoms with van der Waals surface area (Å²) in [5.41, 5.74) is 3.51. The summed E-state index contributed by atoms with van der Waals surface area (Å²) in [7, 11) is 3.89. The molecule has 0 saturated carbocycles. The number of piperidine rings is 1. The zero-order chi connectivity index (χ0) is 20.9. The quantitative estimate of drug-likeness (QED) is 0.649. The molecule has 0 radical (unpaired) electrons. The average Bonchev–Trinajstić information content (AvgIpc) is 3.23. The molecule has 4 heterocycles. The molecular formula is C21H24N8S. The van der Waals surface area contributed by atoms with Gasteiger partial charge in [0.2, 0.25) is 5.95 Å². The molecule has 1 atom stereocenters. The molecule has 0 spiro atoms. The van der Waals surface area contributed by atoms with E-state index in [0.717, 1.165) is 60.5 Å². The SMILES string of the molecule is CN(C)c1ncc(CN2CCC[C@H](c3csc(Nc4ccc(C#N)nc4)n3)C2)cn1. The Bertz CT molecular complexity index is 1010. The summed E-state index contributed by atoms with van der Waals surface area (Å²) in [6, 6.07) is 5.57. The second kappa shape index (κ2) is 9.15.